The molecule has 1 atom stereocenters. The predicted molar refractivity (Wildman–Crippen MR) is 63.8 cm³/mol. The smallest absolute Gasteiger partial charge is 0.419 e. The minimum absolute atomic E-state index is 0.102. The molecule has 1 aromatic carbocycles. The van der Waals surface area contributed by atoms with Gasteiger partial charge < -0.3 is 15.9 Å². The van der Waals surface area contributed by atoms with Crippen LogP contribution in [0.3, 0.4) is 0 Å². The van der Waals surface area contributed by atoms with Crippen molar-refractivity contribution in [2.45, 2.75) is 32.5 Å². The van der Waals surface area contributed by atoms with Crippen LogP contribution < -0.4 is 5.73 Å². The minimum Gasteiger partial charge on any atom is -0.507 e. The van der Waals surface area contributed by atoms with Crippen LogP contribution in [0.15, 0.2) is 18.2 Å². The lowest BCUT2D eigenvalue weighted by atomic mass is 10.0. The van der Waals surface area contributed by atoms with Crippen molar-refractivity contribution in [1.29, 1.82) is 0 Å². The van der Waals surface area contributed by atoms with E-state index < -0.39 is 29.5 Å². The van der Waals surface area contributed by atoms with Crippen LogP contribution in [-0.2, 0) is 17.4 Å². The molecule has 0 heterocycles. The standard InChI is InChI=1S/C10H10F3NO3.C2H6/c11-10(12,13)6-3-5(1-2-8(6)15)4-7(14)9(16)17;1-2/h1-3,7,15H,4,14H2,(H,16,17);1-2H3. The van der Waals surface area contributed by atoms with Gasteiger partial charge in [0.1, 0.15) is 11.8 Å². The zero-order valence-electron chi connectivity index (χ0n) is 10.5. The highest BCUT2D eigenvalue weighted by molar-refractivity contribution is 5.73. The summed E-state index contributed by atoms with van der Waals surface area (Å²) < 4.78 is 37.3. The van der Waals surface area contributed by atoms with Crippen molar-refractivity contribution in [2.24, 2.45) is 5.73 Å². The van der Waals surface area contributed by atoms with Gasteiger partial charge in [0.2, 0.25) is 0 Å². The third-order valence-corrected chi connectivity index (χ3v) is 2.14. The highest BCUT2D eigenvalue weighted by Gasteiger charge is 2.34. The maximum Gasteiger partial charge on any atom is 0.419 e. The fraction of sp³-hybridized carbons (Fsp3) is 0.417. The first-order valence-corrected chi connectivity index (χ1v) is 5.59. The number of rotatable bonds is 3. The predicted octanol–water partition coefficient (Wildman–Crippen LogP) is 2.39. The van der Waals surface area contributed by atoms with Gasteiger partial charge in [-0.2, -0.15) is 13.2 Å². The van der Waals surface area contributed by atoms with Gasteiger partial charge in [-0.05, 0) is 24.1 Å². The van der Waals surface area contributed by atoms with Crippen LogP contribution in [0.25, 0.3) is 0 Å². The second-order valence-electron chi connectivity index (χ2n) is 3.50. The third kappa shape index (κ3) is 5.17. The molecule has 108 valence electrons. The van der Waals surface area contributed by atoms with E-state index in [9.17, 15) is 18.0 Å². The maximum atomic E-state index is 12.4. The molecule has 19 heavy (non-hydrogen) atoms. The number of alkyl halides is 3. The molecule has 4 N–H and O–H groups in total. The number of nitrogens with two attached hydrogens (primary N) is 1. The van der Waals surface area contributed by atoms with Crippen LogP contribution in [0, 0.1) is 0 Å². The van der Waals surface area contributed by atoms with Gasteiger partial charge in [0.25, 0.3) is 0 Å². The normalized spacial score (nSPS) is 12.3. The molecular formula is C12H16F3NO3. The van der Waals surface area contributed by atoms with Crippen LogP contribution in [0.4, 0.5) is 13.2 Å². The van der Waals surface area contributed by atoms with Crippen LogP contribution in [0.1, 0.15) is 25.0 Å². The average Bonchev–Trinajstić information content (AvgIpc) is 2.32. The fourth-order valence-electron chi connectivity index (χ4n) is 1.28. The highest BCUT2D eigenvalue weighted by Crippen LogP contribution is 2.36. The van der Waals surface area contributed by atoms with Gasteiger partial charge in [0, 0.05) is 0 Å². The fourth-order valence-corrected chi connectivity index (χ4v) is 1.28. The number of phenolic OH excluding ortho intramolecular Hbond substituents is 1. The van der Waals surface area contributed by atoms with Crippen LogP contribution >= 0.6 is 0 Å². The number of hydrogen-bond donors (Lipinski definition) is 3. The maximum absolute atomic E-state index is 12.4. The summed E-state index contributed by atoms with van der Waals surface area (Å²) in [5.41, 5.74) is 4.10. The van der Waals surface area contributed by atoms with E-state index in [2.05, 4.69) is 0 Å². The molecule has 0 radical (unpaired) electrons. The highest BCUT2D eigenvalue weighted by atomic mass is 19.4. The van der Waals surface area contributed by atoms with E-state index in [1.54, 1.807) is 0 Å². The number of halogens is 3. The summed E-state index contributed by atoms with van der Waals surface area (Å²) in [5.74, 6) is -2.20. The van der Waals surface area contributed by atoms with E-state index in [4.69, 9.17) is 15.9 Å². The molecule has 0 aromatic heterocycles. The summed E-state index contributed by atoms with van der Waals surface area (Å²) in [6, 6.07) is 1.48. The molecule has 7 heteroatoms. The average molecular weight is 279 g/mol. The molecule has 0 saturated carbocycles. The van der Waals surface area contributed by atoms with E-state index >= 15 is 0 Å². The third-order valence-electron chi connectivity index (χ3n) is 2.14. The van der Waals surface area contributed by atoms with Crippen LogP contribution in [-0.4, -0.2) is 22.2 Å². The summed E-state index contributed by atoms with van der Waals surface area (Å²) in [6.07, 6.45) is -4.92. The number of benzene rings is 1. The number of carbonyl (C=O) groups is 1. The second kappa shape index (κ2) is 6.98. The first-order chi connectivity index (χ1) is 8.71. The minimum atomic E-state index is -4.69. The largest absolute Gasteiger partial charge is 0.507 e. The van der Waals surface area contributed by atoms with Gasteiger partial charge in [0.05, 0.1) is 5.56 Å². The molecule has 0 bridgehead atoms. The van der Waals surface area contributed by atoms with E-state index in [0.29, 0.717) is 6.07 Å². The number of carboxylic acids is 1. The molecule has 0 spiro atoms. The molecule has 0 aliphatic rings. The van der Waals surface area contributed by atoms with Crippen molar-refractivity contribution in [3.05, 3.63) is 29.3 Å². The van der Waals surface area contributed by atoms with Crippen LogP contribution in [0.5, 0.6) is 5.75 Å². The second-order valence-corrected chi connectivity index (χ2v) is 3.50. The Morgan fingerprint density at radius 3 is 2.32 bits per heavy atom. The summed E-state index contributed by atoms with van der Waals surface area (Å²) in [5, 5.41) is 17.6. The number of aliphatic carboxylic acids is 1. The van der Waals surface area contributed by atoms with Crippen molar-refractivity contribution in [3.8, 4) is 5.75 Å². The molecule has 1 rings (SSSR count). The van der Waals surface area contributed by atoms with Crippen molar-refractivity contribution in [1.82, 2.24) is 0 Å². The Balaban J connectivity index is 0.00000154. The summed E-state index contributed by atoms with van der Waals surface area (Å²) >= 11 is 0. The SMILES string of the molecule is CC.NC(Cc1ccc(O)c(C(F)(F)F)c1)C(=O)O. The Labute approximate surface area is 108 Å². The van der Waals surface area contributed by atoms with Crippen LogP contribution in [0.2, 0.25) is 0 Å². The van der Waals surface area contributed by atoms with Gasteiger partial charge in [-0.1, -0.05) is 19.9 Å². The molecular weight excluding hydrogens is 263 g/mol. The molecule has 0 aliphatic heterocycles. The zero-order chi connectivity index (χ0) is 15.2. The quantitative estimate of drug-likeness (QED) is 0.793. The summed E-state index contributed by atoms with van der Waals surface area (Å²) in [7, 11) is 0. The molecule has 1 aromatic rings. The molecule has 0 fully saturated rings. The number of carboxylic acid groups (broad SMARTS) is 1. The zero-order valence-corrected chi connectivity index (χ0v) is 10.5. The Morgan fingerprint density at radius 1 is 1.37 bits per heavy atom. The van der Waals surface area contributed by atoms with Crippen molar-refractivity contribution < 1.29 is 28.2 Å². The van der Waals surface area contributed by atoms with Crippen molar-refractivity contribution in [2.75, 3.05) is 0 Å². The molecule has 0 saturated heterocycles. The molecule has 0 amide bonds. The molecule has 1 unspecified atom stereocenters. The van der Waals surface area contributed by atoms with Gasteiger partial charge in [-0.15, -0.1) is 0 Å². The monoisotopic (exact) mass is 279 g/mol. The van der Waals surface area contributed by atoms with Gasteiger partial charge in [-0.3, -0.25) is 4.79 Å². The van der Waals surface area contributed by atoms with Crippen molar-refractivity contribution >= 4 is 5.97 Å². The molecule has 0 aliphatic carbocycles. The van der Waals surface area contributed by atoms with Crippen molar-refractivity contribution in [3.63, 3.8) is 0 Å². The summed E-state index contributed by atoms with van der Waals surface area (Å²) in [4.78, 5) is 10.5. The molecule has 4 nitrogen and oxygen atoms in total. The lowest BCUT2D eigenvalue weighted by Crippen LogP contribution is -2.32. The first kappa shape index (κ1) is 17.2. The van der Waals surface area contributed by atoms with Gasteiger partial charge in [-0.25, -0.2) is 0 Å². The Hall–Kier alpha value is -1.76. The van der Waals surface area contributed by atoms with Gasteiger partial charge in [0.15, 0.2) is 0 Å². The number of hydrogen-bond acceptors (Lipinski definition) is 3. The number of aromatic hydroxyl groups is 1. The van der Waals surface area contributed by atoms with Gasteiger partial charge >= 0.3 is 12.1 Å². The lowest BCUT2D eigenvalue weighted by molar-refractivity contribution is -0.139. The summed E-state index contributed by atoms with van der Waals surface area (Å²) in [6.45, 7) is 4.00. The van der Waals surface area contributed by atoms with E-state index in [-0.39, 0.29) is 12.0 Å². The Bertz CT molecular complexity index is 433. The topological polar surface area (TPSA) is 83.5 Å². The van der Waals surface area contributed by atoms with E-state index in [1.807, 2.05) is 13.8 Å². The lowest BCUT2D eigenvalue weighted by Gasteiger charge is -2.12. The number of phenols is 1. The Kier molecular flexibility index (Phi) is 6.34. The Morgan fingerprint density at radius 2 is 1.89 bits per heavy atom. The van der Waals surface area contributed by atoms with E-state index in [0.717, 1.165) is 6.07 Å². The first-order valence-electron chi connectivity index (χ1n) is 5.59. The van der Waals surface area contributed by atoms with E-state index in [1.165, 1.54) is 6.07 Å².